The second-order valence-electron chi connectivity index (χ2n) is 9.54. The Kier molecular flexibility index (Phi) is 6.93. The molecule has 0 aliphatic carbocycles. The minimum absolute atomic E-state index is 0.00273. The molecule has 8 heteroatoms. The Hall–Kier alpha value is -3.81. The van der Waals surface area contributed by atoms with Crippen molar-refractivity contribution in [2.75, 3.05) is 33.4 Å². The molecule has 1 atom stereocenters. The number of likely N-dealkylation sites (tertiary alicyclic amines) is 1. The van der Waals surface area contributed by atoms with Crippen LogP contribution >= 0.6 is 0 Å². The molecule has 0 radical (unpaired) electrons. The summed E-state index contributed by atoms with van der Waals surface area (Å²) in [4.78, 5) is 30.3. The number of piperidine rings is 1. The van der Waals surface area contributed by atoms with Crippen LogP contribution in [0.4, 0.5) is 0 Å². The number of carbonyl (C=O) groups excluding carboxylic acids is 2. The second-order valence-corrected chi connectivity index (χ2v) is 9.54. The molecular formula is C28H32N4O4. The van der Waals surface area contributed by atoms with Crippen molar-refractivity contribution in [1.29, 1.82) is 0 Å². The summed E-state index contributed by atoms with van der Waals surface area (Å²) in [5.41, 5.74) is 2.25. The van der Waals surface area contributed by atoms with Crippen molar-refractivity contribution < 1.29 is 19.1 Å². The average molecular weight is 489 g/mol. The lowest BCUT2D eigenvalue weighted by atomic mass is 9.84. The van der Waals surface area contributed by atoms with Crippen molar-refractivity contribution in [3.8, 4) is 11.5 Å². The highest BCUT2D eigenvalue weighted by Crippen LogP contribution is 2.32. The molecule has 1 aromatic heterocycles. The summed E-state index contributed by atoms with van der Waals surface area (Å²) >= 11 is 0. The van der Waals surface area contributed by atoms with Gasteiger partial charge < -0.3 is 19.3 Å². The number of likely N-dealkylation sites (N-methyl/N-ethyl adjacent to an activating group) is 1. The number of fused-ring (bicyclic) bond motifs is 1. The summed E-state index contributed by atoms with van der Waals surface area (Å²) in [7, 11) is 3.68. The Bertz CT molecular complexity index is 1220. The van der Waals surface area contributed by atoms with Crippen LogP contribution < -0.4 is 9.47 Å². The fourth-order valence-electron chi connectivity index (χ4n) is 5.18. The SMILES string of the molecule is CN(C(=O)c1ccn(C)n1)C(Cc1ccccc1)C1CCN(C(=O)c2ccc3c(c2)OCCO3)CC1. The number of benzene rings is 2. The van der Waals surface area contributed by atoms with Crippen LogP contribution in [0.15, 0.2) is 60.8 Å². The fraction of sp³-hybridized carbons (Fsp3) is 0.393. The molecule has 1 unspecified atom stereocenters. The van der Waals surface area contributed by atoms with E-state index in [2.05, 4.69) is 17.2 Å². The first-order chi connectivity index (χ1) is 17.5. The van der Waals surface area contributed by atoms with Gasteiger partial charge in [-0.3, -0.25) is 14.3 Å². The maximum Gasteiger partial charge on any atom is 0.274 e. The van der Waals surface area contributed by atoms with Crippen LogP contribution in [0.3, 0.4) is 0 Å². The summed E-state index contributed by atoms with van der Waals surface area (Å²) in [5, 5.41) is 4.32. The molecular weight excluding hydrogens is 456 g/mol. The standard InChI is InChI=1S/C28H32N4O4/c1-30-13-12-23(29-30)28(34)31(2)24(18-20-6-4-3-5-7-20)21-10-14-32(15-11-21)27(33)22-8-9-25-26(19-22)36-17-16-35-25/h3-9,12-13,19,21,24H,10-11,14-18H2,1-2H3. The van der Waals surface area contributed by atoms with E-state index in [9.17, 15) is 9.59 Å². The lowest BCUT2D eigenvalue weighted by molar-refractivity contribution is 0.0518. The van der Waals surface area contributed by atoms with Crippen LogP contribution in [0.2, 0.25) is 0 Å². The molecule has 1 fully saturated rings. The lowest BCUT2D eigenvalue weighted by Gasteiger charge is -2.40. The van der Waals surface area contributed by atoms with Crippen LogP contribution in [0.25, 0.3) is 0 Å². The number of aryl methyl sites for hydroxylation is 1. The first-order valence-electron chi connectivity index (χ1n) is 12.5. The molecule has 0 N–H and O–H groups in total. The number of hydrogen-bond donors (Lipinski definition) is 0. The van der Waals surface area contributed by atoms with E-state index in [-0.39, 0.29) is 23.8 Å². The molecule has 0 spiro atoms. The molecule has 0 bridgehead atoms. The third-order valence-corrected chi connectivity index (χ3v) is 7.20. The molecule has 1 saturated heterocycles. The summed E-state index contributed by atoms with van der Waals surface area (Å²) in [5.74, 6) is 1.50. The number of amides is 2. The van der Waals surface area contributed by atoms with Crippen molar-refractivity contribution in [3.05, 3.63) is 77.6 Å². The maximum absolute atomic E-state index is 13.3. The first-order valence-corrected chi connectivity index (χ1v) is 12.5. The predicted octanol–water partition coefficient (Wildman–Crippen LogP) is 3.43. The molecule has 188 valence electrons. The Balaban J connectivity index is 1.29. The predicted molar refractivity (Wildman–Crippen MR) is 135 cm³/mol. The van der Waals surface area contributed by atoms with Crippen LogP contribution in [0.1, 0.15) is 39.3 Å². The van der Waals surface area contributed by atoms with Crippen LogP contribution in [0.5, 0.6) is 11.5 Å². The zero-order valence-corrected chi connectivity index (χ0v) is 20.8. The van der Waals surface area contributed by atoms with Crippen molar-refractivity contribution in [2.45, 2.75) is 25.3 Å². The topological polar surface area (TPSA) is 76.9 Å². The van der Waals surface area contributed by atoms with E-state index in [1.54, 1.807) is 29.1 Å². The second kappa shape index (κ2) is 10.4. The van der Waals surface area contributed by atoms with Gasteiger partial charge in [0.15, 0.2) is 11.5 Å². The molecule has 2 amide bonds. The largest absolute Gasteiger partial charge is 0.486 e. The number of nitrogens with zero attached hydrogens (tertiary/aromatic N) is 4. The molecule has 2 aliphatic rings. The summed E-state index contributed by atoms with van der Waals surface area (Å²) in [6.45, 7) is 2.31. The van der Waals surface area contributed by atoms with Gasteiger partial charge in [0.05, 0.1) is 0 Å². The number of aromatic nitrogens is 2. The Morgan fingerprint density at radius 1 is 1.03 bits per heavy atom. The van der Waals surface area contributed by atoms with E-state index in [1.165, 1.54) is 5.56 Å². The lowest BCUT2D eigenvalue weighted by Crippen LogP contribution is -2.48. The third-order valence-electron chi connectivity index (χ3n) is 7.20. The van der Waals surface area contributed by atoms with Crippen molar-refractivity contribution in [1.82, 2.24) is 19.6 Å². The molecule has 8 nitrogen and oxygen atoms in total. The van der Waals surface area contributed by atoms with Crippen LogP contribution in [0, 0.1) is 5.92 Å². The Labute approximate surface area is 211 Å². The highest BCUT2D eigenvalue weighted by molar-refractivity contribution is 5.95. The average Bonchev–Trinajstić information content (AvgIpc) is 3.37. The monoisotopic (exact) mass is 488 g/mol. The van der Waals surface area contributed by atoms with Crippen molar-refractivity contribution in [3.63, 3.8) is 0 Å². The Morgan fingerprint density at radius 3 is 2.44 bits per heavy atom. The van der Waals surface area contributed by atoms with E-state index >= 15 is 0 Å². The van der Waals surface area contributed by atoms with Gasteiger partial charge in [0.1, 0.15) is 18.9 Å². The zero-order chi connectivity index (χ0) is 25.1. The fourth-order valence-corrected chi connectivity index (χ4v) is 5.18. The van der Waals surface area contributed by atoms with E-state index < -0.39 is 0 Å². The molecule has 3 aromatic rings. The molecule has 0 saturated carbocycles. The molecule has 5 rings (SSSR count). The number of ether oxygens (including phenoxy) is 2. The normalized spacial score (nSPS) is 16.4. The van der Waals surface area contributed by atoms with Crippen molar-refractivity contribution in [2.24, 2.45) is 13.0 Å². The molecule has 2 aromatic carbocycles. The first kappa shape index (κ1) is 23.9. The van der Waals surface area contributed by atoms with Gasteiger partial charge >= 0.3 is 0 Å². The van der Waals surface area contributed by atoms with E-state index in [1.807, 2.05) is 48.2 Å². The van der Waals surface area contributed by atoms with E-state index in [0.29, 0.717) is 49.1 Å². The van der Waals surface area contributed by atoms with Gasteiger partial charge in [-0.2, -0.15) is 5.10 Å². The zero-order valence-electron chi connectivity index (χ0n) is 20.8. The van der Waals surface area contributed by atoms with Gasteiger partial charge in [0.2, 0.25) is 0 Å². The van der Waals surface area contributed by atoms with Crippen LogP contribution in [-0.2, 0) is 13.5 Å². The third kappa shape index (κ3) is 5.08. The Morgan fingerprint density at radius 2 is 1.75 bits per heavy atom. The summed E-state index contributed by atoms with van der Waals surface area (Å²) < 4.78 is 12.9. The van der Waals surface area contributed by atoms with Crippen LogP contribution in [-0.4, -0.2) is 70.8 Å². The van der Waals surface area contributed by atoms with Gasteiger partial charge in [-0.25, -0.2) is 0 Å². The molecule has 36 heavy (non-hydrogen) atoms. The summed E-state index contributed by atoms with van der Waals surface area (Å²) in [6, 6.07) is 17.4. The van der Waals surface area contributed by atoms with Gasteiger partial charge in [-0.05, 0) is 55.0 Å². The number of rotatable bonds is 6. The van der Waals surface area contributed by atoms with Gasteiger partial charge in [0, 0.05) is 45.0 Å². The number of carbonyl (C=O) groups is 2. The molecule has 3 heterocycles. The van der Waals surface area contributed by atoms with Gasteiger partial charge in [-0.15, -0.1) is 0 Å². The van der Waals surface area contributed by atoms with Gasteiger partial charge in [0.25, 0.3) is 11.8 Å². The van der Waals surface area contributed by atoms with E-state index in [4.69, 9.17) is 9.47 Å². The van der Waals surface area contributed by atoms with Crippen molar-refractivity contribution >= 4 is 11.8 Å². The minimum Gasteiger partial charge on any atom is -0.486 e. The minimum atomic E-state index is -0.0775. The quantitative estimate of drug-likeness (QED) is 0.531. The highest BCUT2D eigenvalue weighted by atomic mass is 16.6. The highest BCUT2D eigenvalue weighted by Gasteiger charge is 2.34. The maximum atomic E-state index is 13.3. The smallest absolute Gasteiger partial charge is 0.274 e. The van der Waals surface area contributed by atoms with E-state index in [0.717, 1.165) is 19.3 Å². The molecule has 2 aliphatic heterocycles. The van der Waals surface area contributed by atoms with Gasteiger partial charge in [-0.1, -0.05) is 30.3 Å². The summed E-state index contributed by atoms with van der Waals surface area (Å²) in [6.07, 6.45) is 4.20. The number of hydrogen-bond acceptors (Lipinski definition) is 5.